The predicted octanol–water partition coefficient (Wildman–Crippen LogP) is 4.55. The van der Waals surface area contributed by atoms with Crippen LogP contribution in [0.5, 0.6) is 0 Å². The Hall–Kier alpha value is -3.89. The molecule has 1 saturated heterocycles. The minimum absolute atomic E-state index is 0.116. The second kappa shape index (κ2) is 11.8. The quantitative estimate of drug-likeness (QED) is 0.317. The number of likely N-dealkylation sites (tertiary alicyclic amines) is 1. The van der Waals surface area contributed by atoms with Crippen molar-refractivity contribution in [1.29, 1.82) is 0 Å². The topological polar surface area (TPSA) is 77.2 Å². The molecule has 3 heterocycles. The SMILES string of the molecule is CCOC1CC(N2C[C@@H](NC(=O)Cc3c(C)c(-c4cnn(C)c4)nn3-c3ccccc3)[C@H](c3ccc(F)c(F)c3)C2)C1. The molecule has 2 aliphatic rings. The standard InChI is InChI=1S/C32H36F2N6O2/c1-4-42-25-13-24(14-25)39-18-26(21-10-11-27(33)28(34)12-21)29(19-39)36-31(41)15-30-20(2)32(22-16-35-38(3)17-22)37-40(30)23-8-6-5-7-9-23/h5-12,16-17,24-26,29H,4,13-15,18-19H2,1-3H3,(H,36,41)/t24?,25?,26-,29+/m0/s1. The number of para-hydroxylation sites is 1. The Morgan fingerprint density at radius 1 is 1.10 bits per heavy atom. The number of carbonyl (C=O) groups excluding carboxylic acids is 1. The van der Waals surface area contributed by atoms with Crippen LogP contribution in [0.25, 0.3) is 16.9 Å². The molecule has 220 valence electrons. The van der Waals surface area contributed by atoms with Crippen LogP contribution in [0.3, 0.4) is 0 Å². The first-order valence-electron chi connectivity index (χ1n) is 14.5. The van der Waals surface area contributed by atoms with Crippen molar-refractivity contribution in [2.24, 2.45) is 7.05 Å². The summed E-state index contributed by atoms with van der Waals surface area (Å²) < 4.78 is 37.4. The molecule has 0 bridgehead atoms. The van der Waals surface area contributed by atoms with Gasteiger partial charge in [0.25, 0.3) is 0 Å². The molecule has 42 heavy (non-hydrogen) atoms. The molecule has 1 saturated carbocycles. The Morgan fingerprint density at radius 2 is 1.88 bits per heavy atom. The van der Waals surface area contributed by atoms with Gasteiger partial charge in [-0.15, -0.1) is 0 Å². The number of amides is 1. The van der Waals surface area contributed by atoms with E-state index in [0.717, 1.165) is 41.0 Å². The highest BCUT2D eigenvalue weighted by Crippen LogP contribution is 2.36. The number of hydrogen-bond acceptors (Lipinski definition) is 5. The first-order valence-corrected chi connectivity index (χ1v) is 14.5. The minimum atomic E-state index is -0.874. The van der Waals surface area contributed by atoms with Crippen LogP contribution in [0.4, 0.5) is 8.78 Å². The van der Waals surface area contributed by atoms with Gasteiger partial charge in [-0.25, -0.2) is 13.5 Å². The van der Waals surface area contributed by atoms with E-state index in [1.54, 1.807) is 16.9 Å². The molecule has 1 aliphatic heterocycles. The van der Waals surface area contributed by atoms with Gasteiger partial charge in [0.05, 0.1) is 35.8 Å². The molecule has 2 atom stereocenters. The number of ether oxygens (including phenoxy) is 1. The average molecular weight is 575 g/mol. The zero-order valence-corrected chi connectivity index (χ0v) is 24.1. The van der Waals surface area contributed by atoms with E-state index in [2.05, 4.69) is 15.3 Å². The Balaban J connectivity index is 1.25. The molecule has 6 rings (SSSR count). The van der Waals surface area contributed by atoms with Gasteiger partial charge in [-0.2, -0.15) is 10.2 Å². The van der Waals surface area contributed by atoms with Crippen molar-refractivity contribution < 1.29 is 18.3 Å². The highest BCUT2D eigenvalue weighted by Gasteiger charge is 2.42. The van der Waals surface area contributed by atoms with Crippen molar-refractivity contribution in [3.05, 3.63) is 89.4 Å². The van der Waals surface area contributed by atoms with Gasteiger partial charge in [0, 0.05) is 56.5 Å². The number of carbonyl (C=O) groups is 1. The highest BCUT2D eigenvalue weighted by atomic mass is 19.2. The molecule has 2 aromatic heterocycles. The van der Waals surface area contributed by atoms with Crippen molar-refractivity contribution in [2.45, 2.75) is 57.2 Å². The lowest BCUT2D eigenvalue weighted by Crippen LogP contribution is -2.48. The Bertz CT molecular complexity index is 1560. The van der Waals surface area contributed by atoms with E-state index in [0.29, 0.717) is 31.3 Å². The number of benzene rings is 2. The van der Waals surface area contributed by atoms with Crippen molar-refractivity contribution >= 4 is 5.91 Å². The number of hydrogen-bond donors (Lipinski definition) is 1. The van der Waals surface area contributed by atoms with Gasteiger partial charge in [-0.1, -0.05) is 24.3 Å². The van der Waals surface area contributed by atoms with Gasteiger partial charge < -0.3 is 10.1 Å². The summed E-state index contributed by atoms with van der Waals surface area (Å²) in [6.45, 7) is 5.96. The van der Waals surface area contributed by atoms with Crippen LogP contribution >= 0.6 is 0 Å². The molecule has 1 amide bonds. The zero-order valence-electron chi connectivity index (χ0n) is 24.1. The zero-order chi connectivity index (χ0) is 29.4. The largest absolute Gasteiger partial charge is 0.378 e. The summed E-state index contributed by atoms with van der Waals surface area (Å²) in [4.78, 5) is 16.1. The monoisotopic (exact) mass is 574 g/mol. The number of rotatable bonds is 9. The van der Waals surface area contributed by atoms with E-state index in [-0.39, 0.29) is 30.4 Å². The highest BCUT2D eigenvalue weighted by molar-refractivity contribution is 5.80. The van der Waals surface area contributed by atoms with Crippen LogP contribution in [0.2, 0.25) is 0 Å². The van der Waals surface area contributed by atoms with Crippen molar-refractivity contribution in [3.63, 3.8) is 0 Å². The molecule has 1 N–H and O–H groups in total. The van der Waals surface area contributed by atoms with E-state index in [9.17, 15) is 13.6 Å². The number of nitrogens with one attached hydrogen (secondary N) is 1. The first-order chi connectivity index (χ1) is 20.3. The van der Waals surface area contributed by atoms with Crippen LogP contribution in [-0.4, -0.2) is 68.3 Å². The summed E-state index contributed by atoms with van der Waals surface area (Å²) in [5.74, 6) is -2.06. The number of aromatic nitrogens is 4. The Morgan fingerprint density at radius 3 is 2.57 bits per heavy atom. The number of aryl methyl sites for hydroxylation is 1. The first kappa shape index (κ1) is 28.2. The molecule has 1 aliphatic carbocycles. The van der Waals surface area contributed by atoms with E-state index in [4.69, 9.17) is 9.84 Å². The summed E-state index contributed by atoms with van der Waals surface area (Å²) in [6.07, 6.45) is 5.92. The van der Waals surface area contributed by atoms with Crippen molar-refractivity contribution in [3.8, 4) is 16.9 Å². The number of halogens is 2. The molecule has 0 radical (unpaired) electrons. The molecule has 2 fully saturated rings. The minimum Gasteiger partial charge on any atom is -0.378 e. The Kier molecular flexibility index (Phi) is 7.92. The molecule has 8 nitrogen and oxygen atoms in total. The molecule has 4 aromatic rings. The van der Waals surface area contributed by atoms with Crippen LogP contribution in [0, 0.1) is 18.6 Å². The number of nitrogens with zero attached hydrogens (tertiary/aromatic N) is 5. The van der Waals surface area contributed by atoms with Gasteiger partial charge in [0.1, 0.15) is 0 Å². The van der Waals surface area contributed by atoms with Gasteiger partial charge in [0.2, 0.25) is 5.91 Å². The lowest BCUT2D eigenvalue weighted by atomic mass is 9.88. The fourth-order valence-electron chi connectivity index (χ4n) is 6.32. The van der Waals surface area contributed by atoms with Gasteiger partial charge in [-0.3, -0.25) is 14.4 Å². The van der Waals surface area contributed by atoms with Gasteiger partial charge in [-0.05, 0) is 62.1 Å². The molecular weight excluding hydrogens is 538 g/mol. The summed E-state index contributed by atoms with van der Waals surface area (Å²) in [7, 11) is 1.86. The van der Waals surface area contributed by atoms with Crippen LogP contribution in [-0.2, 0) is 23.0 Å². The summed E-state index contributed by atoms with van der Waals surface area (Å²) >= 11 is 0. The van der Waals surface area contributed by atoms with E-state index >= 15 is 0 Å². The smallest absolute Gasteiger partial charge is 0.226 e. The van der Waals surface area contributed by atoms with Gasteiger partial charge >= 0.3 is 0 Å². The van der Waals surface area contributed by atoms with Crippen molar-refractivity contribution in [2.75, 3.05) is 19.7 Å². The fraction of sp³-hybridized carbons (Fsp3) is 0.406. The third-order valence-corrected chi connectivity index (χ3v) is 8.61. The molecular formula is C32H36F2N6O2. The molecule has 10 heteroatoms. The summed E-state index contributed by atoms with van der Waals surface area (Å²) in [5, 5.41) is 12.4. The maximum atomic E-state index is 14.3. The molecule has 0 spiro atoms. The lowest BCUT2D eigenvalue weighted by Gasteiger charge is -2.41. The Labute approximate surface area is 244 Å². The van der Waals surface area contributed by atoms with E-state index in [1.807, 2.05) is 62.1 Å². The van der Waals surface area contributed by atoms with Crippen LogP contribution in [0.1, 0.15) is 42.5 Å². The van der Waals surface area contributed by atoms with Crippen LogP contribution < -0.4 is 5.32 Å². The maximum absolute atomic E-state index is 14.3. The second-order valence-corrected chi connectivity index (χ2v) is 11.4. The summed E-state index contributed by atoms with van der Waals surface area (Å²) in [5.41, 5.74) is 4.89. The van der Waals surface area contributed by atoms with Gasteiger partial charge in [0.15, 0.2) is 11.6 Å². The second-order valence-electron chi connectivity index (χ2n) is 11.4. The fourth-order valence-corrected chi connectivity index (χ4v) is 6.32. The van der Waals surface area contributed by atoms with E-state index in [1.165, 1.54) is 12.1 Å². The van der Waals surface area contributed by atoms with Crippen molar-refractivity contribution in [1.82, 2.24) is 29.8 Å². The third kappa shape index (κ3) is 5.61. The third-order valence-electron chi connectivity index (χ3n) is 8.61. The normalized spacial score (nSPS) is 22.3. The lowest BCUT2D eigenvalue weighted by molar-refractivity contribution is -0.121. The predicted molar refractivity (Wildman–Crippen MR) is 155 cm³/mol. The molecule has 2 aromatic carbocycles. The van der Waals surface area contributed by atoms with Crippen LogP contribution in [0.15, 0.2) is 60.9 Å². The maximum Gasteiger partial charge on any atom is 0.226 e. The molecule has 0 unspecified atom stereocenters. The van der Waals surface area contributed by atoms with E-state index < -0.39 is 11.6 Å². The summed E-state index contributed by atoms with van der Waals surface area (Å²) in [6, 6.07) is 13.9. The average Bonchev–Trinajstić information content (AvgIpc) is 3.65.